The Balaban J connectivity index is 1.95. The Morgan fingerprint density at radius 3 is 2.67 bits per heavy atom. The van der Waals surface area contributed by atoms with Crippen molar-refractivity contribution < 1.29 is 22.6 Å². The predicted molar refractivity (Wildman–Crippen MR) is 86.0 cm³/mol. The average molecular weight is 358 g/mol. The lowest BCUT2D eigenvalue weighted by atomic mass is 10.0. The summed E-state index contributed by atoms with van der Waals surface area (Å²) in [7, 11) is 3.16. The fourth-order valence-electron chi connectivity index (χ4n) is 2.95. The number of hydrogen-bond acceptors (Lipinski definition) is 5. The standard InChI is InChI=1S/C16H17F3N2O2S/c1-22-10-5-6-13(23-2)11(8-10)12-4-3-7-21(12)15-20-9-14(24-15)16(17,18)19/h5-6,8-9,12H,3-4,7H2,1-2H3. The fraction of sp³-hybridized carbons (Fsp3) is 0.438. The van der Waals surface area contributed by atoms with E-state index < -0.39 is 11.1 Å². The number of halogens is 3. The number of nitrogens with zero attached hydrogens (tertiary/aromatic N) is 2. The van der Waals surface area contributed by atoms with Crippen LogP contribution in [0.15, 0.2) is 24.4 Å². The Labute approximate surface area is 141 Å². The SMILES string of the molecule is COc1ccc(OC)c(C2CCCN2c2ncc(C(F)(F)F)s2)c1. The molecule has 0 bridgehead atoms. The first-order valence-electron chi connectivity index (χ1n) is 7.45. The molecular formula is C16H17F3N2O2S. The van der Waals surface area contributed by atoms with E-state index >= 15 is 0 Å². The highest BCUT2D eigenvalue weighted by Gasteiger charge is 2.36. The van der Waals surface area contributed by atoms with E-state index in [2.05, 4.69) is 4.98 Å². The van der Waals surface area contributed by atoms with Gasteiger partial charge in [-0.15, -0.1) is 0 Å². The fourth-order valence-corrected chi connectivity index (χ4v) is 3.81. The van der Waals surface area contributed by atoms with Crippen molar-refractivity contribution in [2.75, 3.05) is 25.7 Å². The molecule has 1 fully saturated rings. The minimum absolute atomic E-state index is 0.0812. The van der Waals surface area contributed by atoms with Gasteiger partial charge < -0.3 is 14.4 Å². The molecule has 24 heavy (non-hydrogen) atoms. The highest BCUT2D eigenvalue weighted by atomic mass is 32.1. The van der Waals surface area contributed by atoms with Crippen LogP contribution in [-0.2, 0) is 6.18 Å². The lowest BCUT2D eigenvalue weighted by Gasteiger charge is -2.26. The van der Waals surface area contributed by atoms with E-state index in [9.17, 15) is 13.2 Å². The molecule has 4 nitrogen and oxygen atoms in total. The van der Waals surface area contributed by atoms with Gasteiger partial charge in [0, 0.05) is 12.1 Å². The van der Waals surface area contributed by atoms with Crippen LogP contribution in [0.5, 0.6) is 11.5 Å². The summed E-state index contributed by atoms with van der Waals surface area (Å²) in [6.45, 7) is 0.663. The predicted octanol–water partition coefficient (Wildman–Crippen LogP) is 4.52. The Bertz CT molecular complexity index is 718. The quantitative estimate of drug-likeness (QED) is 0.805. The number of thiazole rings is 1. The summed E-state index contributed by atoms with van der Waals surface area (Å²) >= 11 is 0.677. The van der Waals surface area contributed by atoms with Crippen LogP contribution < -0.4 is 14.4 Å². The second kappa shape index (κ2) is 6.51. The van der Waals surface area contributed by atoms with Crippen molar-refractivity contribution in [3.05, 3.63) is 34.8 Å². The Kier molecular flexibility index (Phi) is 4.58. The topological polar surface area (TPSA) is 34.6 Å². The third-order valence-electron chi connectivity index (χ3n) is 4.07. The minimum Gasteiger partial charge on any atom is -0.497 e. The maximum atomic E-state index is 12.8. The van der Waals surface area contributed by atoms with E-state index in [1.165, 1.54) is 0 Å². The van der Waals surface area contributed by atoms with Crippen LogP contribution in [0.4, 0.5) is 18.3 Å². The van der Waals surface area contributed by atoms with Crippen molar-refractivity contribution in [3.8, 4) is 11.5 Å². The molecule has 2 aromatic rings. The van der Waals surface area contributed by atoms with Gasteiger partial charge in [0.1, 0.15) is 16.4 Å². The van der Waals surface area contributed by atoms with E-state index in [1.54, 1.807) is 20.3 Å². The van der Waals surface area contributed by atoms with Gasteiger partial charge in [0.2, 0.25) is 0 Å². The first-order chi connectivity index (χ1) is 11.4. The molecule has 2 heterocycles. The van der Waals surface area contributed by atoms with Crippen LogP contribution in [-0.4, -0.2) is 25.7 Å². The molecule has 0 N–H and O–H groups in total. The molecule has 0 amide bonds. The summed E-state index contributed by atoms with van der Waals surface area (Å²) in [5, 5.41) is 0.384. The van der Waals surface area contributed by atoms with Crippen LogP contribution in [0.2, 0.25) is 0 Å². The first-order valence-corrected chi connectivity index (χ1v) is 8.27. The zero-order chi connectivity index (χ0) is 17.3. The van der Waals surface area contributed by atoms with E-state index in [-0.39, 0.29) is 6.04 Å². The molecule has 130 valence electrons. The van der Waals surface area contributed by atoms with Crippen molar-refractivity contribution >= 4 is 16.5 Å². The molecule has 1 aromatic heterocycles. The Hall–Kier alpha value is -1.96. The summed E-state index contributed by atoms with van der Waals surface area (Å²) in [6.07, 6.45) is -1.76. The Morgan fingerprint density at radius 1 is 1.25 bits per heavy atom. The number of methoxy groups -OCH3 is 2. The van der Waals surface area contributed by atoms with E-state index in [1.807, 2.05) is 17.0 Å². The molecule has 1 atom stereocenters. The number of anilines is 1. The number of alkyl halides is 3. The van der Waals surface area contributed by atoms with Gasteiger partial charge in [-0.3, -0.25) is 0 Å². The molecule has 1 unspecified atom stereocenters. The van der Waals surface area contributed by atoms with Crippen molar-refractivity contribution in [1.29, 1.82) is 0 Å². The van der Waals surface area contributed by atoms with Gasteiger partial charge >= 0.3 is 6.18 Å². The molecule has 1 aliphatic rings. The van der Waals surface area contributed by atoms with Crippen LogP contribution in [0.3, 0.4) is 0 Å². The van der Waals surface area contributed by atoms with Gasteiger partial charge in [0.05, 0.1) is 26.5 Å². The smallest absolute Gasteiger partial charge is 0.427 e. The normalized spacial score (nSPS) is 18.0. The monoisotopic (exact) mass is 358 g/mol. The lowest BCUT2D eigenvalue weighted by Crippen LogP contribution is -2.22. The second-order valence-corrected chi connectivity index (χ2v) is 6.47. The average Bonchev–Trinajstić information content (AvgIpc) is 3.22. The van der Waals surface area contributed by atoms with Gasteiger partial charge in [-0.2, -0.15) is 13.2 Å². The zero-order valence-corrected chi connectivity index (χ0v) is 14.1. The molecule has 1 saturated heterocycles. The van der Waals surface area contributed by atoms with E-state index in [0.717, 1.165) is 24.6 Å². The third kappa shape index (κ3) is 3.15. The maximum absolute atomic E-state index is 12.8. The summed E-state index contributed by atoms with van der Waals surface area (Å²) in [6, 6.07) is 5.41. The van der Waals surface area contributed by atoms with Gasteiger partial charge in [0.25, 0.3) is 0 Å². The molecule has 0 radical (unpaired) electrons. The van der Waals surface area contributed by atoms with Gasteiger partial charge in [-0.25, -0.2) is 4.98 Å². The highest BCUT2D eigenvalue weighted by molar-refractivity contribution is 7.15. The summed E-state index contributed by atoms with van der Waals surface area (Å²) in [5.41, 5.74) is 0.901. The van der Waals surface area contributed by atoms with Crippen LogP contribution in [0.25, 0.3) is 0 Å². The van der Waals surface area contributed by atoms with Crippen LogP contribution in [0.1, 0.15) is 29.3 Å². The highest BCUT2D eigenvalue weighted by Crippen LogP contribution is 2.44. The second-order valence-electron chi connectivity index (χ2n) is 5.46. The molecular weight excluding hydrogens is 341 g/mol. The van der Waals surface area contributed by atoms with Gasteiger partial charge in [0.15, 0.2) is 5.13 Å². The van der Waals surface area contributed by atoms with Crippen LogP contribution in [0, 0.1) is 0 Å². The summed E-state index contributed by atoms with van der Waals surface area (Å²) in [4.78, 5) is 5.22. The van der Waals surface area contributed by atoms with Crippen molar-refractivity contribution in [1.82, 2.24) is 4.98 Å². The number of aromatic nitrogens is 1. The lowest BCUT2D eigenvalue weighted by molar-refractivity contribution is -0.134. The van der Waals surface area contributed by atoms with Crippen molar-refractivity contribution in [2.24, 2.45) is 0 Å². The maximum Gasteiger partial charge on any atom is 0.427 e. The molecule has 0 aliphatic carbocycles. The molecule has 0 spiro atoms. The summed E-state index contributed by atoms with van der Waals surface area (Å²) in [5.74, 6) is 1.38. The number of ether oxygens (including phenoxy) is 2. The van der Waals surface area contributed by atoms with E-state index in [4.69, 9.17) is 9.47 Å². The van der Waals surface area contributed by atoms with Crippen molar-refractivity contribution in [2.45, 2.75) is 25.1 Å². The summed E-state index contributed by atoms with van der Waals surface area (Å²) < 4.78 is 49.2. The molecule has 1 aromatic carbocycles. The zero-order valence-electron chi connectivity index (χ0n) is 13.3. The minimum atomic E-state index is -4.36. The molecule has 3 rings (SSSR count). The third-order valence-corrected chi connectivity index (χ3v) is 5.15. The largest absolute Gasteiger partial charge is 0.497 e. The van der Waals surface area contributed by atoms with Gasteiger partial charge in [-0.05, 0) is 31.0 Å². The van der Waals surface area contributed by atoms with Gasteiger partial charge in [-0.1, -0.05) is 11.3 Å². The first kappa shape index (κ1) is 16.9. The number of benzene rings is 1. The molecule has 8 heteroatoms. The van der Waals surface area contributed by atoms with Crippen molar-refractivity contribution in [3.63, 3.8) is 0 Å². The Morgan fingerprint density at radius 2 is 2.04 bits per heavy atom. The van der Waals surface area contributed by atoms with Crippen LogP contribution >= 0.6 is 11.3 Å². The molecule has 0 saturated carbocycles. The van der Waals surface area contributed by atoms with E-state index in [0.29, 0.717) is 34.5 Å². The number of rotatable bonds is 4. The molecule has 1 aliphatic heterocycles. The number of hydrogen-bond donors (Lipinski definition) is 0.